The van der Waals surface area contributed by atoms with Crippen molar-refractivity contribution in [3.8, 4) is 11.4 Å². The minimum atomic E-state index is -0.370. The molecule has 1 N–H and O–H groups in total. The minimum absolute atomic E-state index is 0.0657. The second-order valence-electron chi connectivity index (χ2n) is 6.66. The quantitative estimate of drug-likeness (QED) is 0.476. The zero-order chi connectivity index (χ0) is 20.9. The molecule has 4 rings (SSSR count). The predicted octanol–water partition coefficient (Wildman–Crippen LogP) is 3.46. The van der Waals surface area contributed by atoms with Gasteiger partial charge in [-0.3, -0.25) is 9.78 Å². The molecule has 1 amide bonds. The number of carbonyl (C=O) groups is 1. The van der Waals surface area contributed by atoms with E-state index in [4.69, 9.17) is 4.74 Å². The van der Waals surface area contributed by atoms with Gasteiger partial charge in [0.2, 0.25) is 5.82 Å². The molecule has 30 heavy (non-hydrogen) atoms. The fraction of sp³-hybridized carbons (Fsp3) is 0.182. The molecule has 152 valence electrons. The third-order valence-electron chi connectivity index (χ3n) is 4.50. The molecule has 0 unspecified atom stereocenters. The lowest BCUT2D eigenvalue weighted by Gasteiger charge is -2.08. The molecule has 0 spiro atoms. The molecule has 0 aliphatic heterocycles. The van der Waals surface area contributed by atoms with Crippen LogP contribution in [0.15, 0.2) is 60.8 Å². The van der Waals surface area contributed by atoms with Gasteiger partial charge in [-0.2, -0.15) is 0 Å². The molecule has 2 aromatic heterocycles. The van der Waals surface area contributed by atoms with E-state index in [1.165, 1.54) is 16.8 Å². The molecular weight excluding hydrogens is 385 g/mol. The summed E-state index contributed by atoms with van der Waals surface area (Å²) < 4.78 is 20.4. The minimum Gasteiger partial charge on any atom is -0.491 e. The highest BCUT2D eigenvalue weighted by Gasteiger charge is 2.15. The Morgan fingerprint density at radius 2 is 1.93 bits per heavy atom. The van der Waals surface area contributed by atoms with Gasteiger partial charge < -0.3 is 10.1 Å². The van der Waals surface area contributed by atoms with Gasteiger partial charge in [-0.1, -0.05) is 18.2 Å². The van der Waals surface area contributed by atoms with E-state index in [1.807, 2.05) is 30.3 Å². The van der Waals surface area contributed by atoms with Crippen molar-refractivity contribution in [2.45, 2.75) is 13.3 Å². The van der Waals surface area contributed by atoms with Gasteiger partial charge in [0, 0.05) is 18.1 Å². The number of pyridine rings is 1. The Morgan fingerprint density at radius 1 is 1.13 bits per heavy atom. The number of hydrogen-bond acceptors (Lipinski definition) is 5. The summed E-state index contributed by atoms with van der Waals surface area (Å²) in [4.78, 5) is 20.9. The second kappa shape index (κ2) is 8.69. The lowest BCUT2D eigenvalue weighted by atomic mass is 10.2. The van der Waals surface area contributed by atoms with E-state index in [-0.39, 0.29) is 17.5 Å². The highest BCUT2D eigenvalue weighted by Crippen LogP contribution is 2.22. The Labute approximate surface area is 172 Å². The van der Waals surface area contributed by atoms with Crippen molar-refractivity contribution in [2.24, 2.45) is 0 Å². The molecule has 4 aromatic rings. The maximum absolute atomic E-state index is 13.1. The van der Waals surface area contributed by atoms with Crippen LogP contribution in [0.5, 0.6) is 5.75 Å². The highest BCUT2D eigenvalue weighted by molar-refractivity contribution is 5.90. The maximum atomic E-state index is 13.1. The normalized spacial score (nSPS) is 10.9. The number of hydrogen-bond donors (Lipinski definition) is 1. The smallest absolute Gasteiger partial charge is 0.290 e. The van der Waals surface area contributed by atoms with Crippen LogP contribution < -0.4 is 10.1 Å². The van der Waals surface area contributed by atoms with Crippen LogP contribution in [-0.4, -0.2) is 38.8 Å². The lowest BCUT2D eigenvalue weighted by molar-refractivity contribution is 0.0941. The van der Waals surface area contributed by atoms with Crippen LogP contribution in [0.25, 0.3) is 16.6 Å². The van der Waals surface area contributed by atoms with Crippen molar-refractivity contribution in [1.29, 1.82) is 0 Å². The number of fused-ring (bicyclic) bond motifs is 1. The molecule has 0 radical (unpaired) electrons. The van der Waals surface area contributed by atoms with Crippen molar-refractivity contribution in [3.63, 3.8) is 0 Å². The van der Waals surface area contributed by atoms with E-state index in [2.05, 4.69) is 20.4 Å². The number of nitrogens with zero attached hydrogens (tertiary/aromatic N) is 4. The van der Waals surface area contributed by atoms with Crippen LogP contribution in [0.4, 0.5) is 4.39 Å². The van der Waals surface area contributed by atoms with E-state index in [1.54, 1.807) is 25.3 Å². The van der Waals surface area contributed by atoms with Crippen LogP contribution in [0.3, 0.4) is 0 Å². The molecule has 7 nitrogen and oxygen atoms in total. The maximum Gasteiger partial charge on any atom is 0.290 e. The predicted molar refractivity (Wildman–Crippen MR) is 110 cm³/mol. The summed E-state index contributed by atoms with van der Waals surface area (Å²) in [5.41, 5.74) is 1.45. The number of ether oxygens (including phenoxy) is 1. The average molecular weight is 405 g/mol. The molecule has 0 saturated heterocycles. The van der Waals surface area contributed by atoms with Crippen LogP contribution in [-0.2, 0) is 0 Å². The molecular formula is C22H20FN5O2. The third kappa shape index (κ3) is 4.27. The number of amides is 1. The summed E-state index contributed by atoms with van der Waals surface area (Å²) in [6.07, 6.45) is 2.35. The Balaban J connectivity index is 1.30. The summed E-state index contributed by atoms with van der Waals surface area (Å²) in [6, 6.07) is 15.5. The summed E-state index contributed by atoms with van der Waals surface area (Å²) in [7, 11) is 0. The molecule has 8 heteroatoms. The van der Waals surface area contributed by atoms with Crippen LogP contribution in [0.1, 0.15) is 22.9 Å². The number of aromatic nitrogens is 4. The summed E-state index contributed by atoms with van der Waals surface area (Å²) in [5.74, 6) is 0.617. The lowest BCUT2D eigenvalue weighted by Crippen LogP contribution is -2.26. The summed E-state index contributed by atoms with van der Waals surface area (Å²) in [5, 5.41) is 8.03. The Hall–Kier alpha value is -3.81. The zero-order valence-corrected chi connectivity index (χ0v) is 16.4. The molecule has 2 heterocycles. The number of para-hydroxylation sites is 1. The number of aryl methyl sites for hydroxylation is 1. The Bertz CT molecular complexity index is 1170. The first-order chi connectivity index (χ1) is 14.6. The average Bonchev–Trinajstić information content (AvgIpc) is 3.16. The standard InChI is InChI=1S/C22H20FN5O2/c1-15-26-21(27-28(15)18-10-8-17(23)9-11-18)22(29)25-13-4-14-30-19-7-2-5-16-6-3-12-24-20(16)19/h2-3,5-12H,4,13-14H2,1H3,(H,25,29). The van der Waals surface area contributed by atoms with Gasteiger partial charge in [-0.25, -0.2) is 14.1 Å². The molecule has 0 saturated carbocycles. The summed E-state index contributed by atoms with van der Waals surface area (Å²) in [6.45, 7) is 2.59. The van der Waals surface area contributed by atoms with Crippen LogP contribution in [0, 0.1) is 12.7 Å². The van der Waals surface area contributed by atoms with Crippen molar-refractivity contribution < 1.29 is 13.9 Å². The molecule has 0 bridgehead atoms. The fourth-order valence-corrected chi connectivity index (χ4v) is 3.04. The van der Waals surface area contributed by atoms with Gasteiger partial charge in [0.25, 0.3) is 5.91 Å². The van der Waals surface area contributed by atoms with Gasteiger partial charge >= 0.3 is 0 Å². The highest BCUT2D eigenvalue weighted by atomic mass is 19.1. The molecule has 0 atom stereocenters. The molecule has 0 fully saturated rings. The Kier molecular flexibility index (Phi) is 5.65. The summed E-state index contributed by atoms with van der Waals surface area (Å²) >= 11 is 0. The SMILES string of the molecule is Cc1nc(C(=O)NCCCOc2cccc3cccnc23)nn1-c1ccc(F)cc1. The zero-order valence-electron chi connectivity index (χ0n) is 16.4. The van der Waals surface area contributed by atoms with Crippen LogP contribution >= 0.6 is 0 Å². The van der Waals surface area contributed by atoms with Crippen molar-refractivity contribution in [2.75, 3.05) is 13.2 Å². The largest absolute Gasteiger partial charge is 0.491 e. The van der Waals surface area contributed by atoms with Crippen molar-refractivity contribution in [1.82, 2.24) is 25.1 Å². The molecule has 2 aromatic carbocycles. The fourth-order valence-electron chi connectivity index (χ4n) is 3.04. The number of halogens is 1. The number of nitrogens with one attached hydrogen (secondary N) is 1. The van der Waals surface area contributed by atoms with E-state index >= 15 is 0 Å². The van der Waals surface area contributed by atoms with E-state index in [0.29, 0.717) is 31.1 Å². The first kappa shape index (κ1) is 19.5. The van der Waals surface area contributed by atoms with E-state index < -0.39 is 0 Å². The van der Waals surface area contributed by atoms with E-state index in [0.717, 1.165) is 16.7 Å². The van der Waals surface area contributed by atoms with Gasteiger partial charge in [0.15, 0.2) is 0 Å². The second-order valence-corrected chi connectivity index (χ2v) is 6.66. The van der Waals surface area contributed by atoms with Gasteiger partial charge in [0.05, 0.1) is 12.3 Å². The van der Waals surface area contributed by atoms with Crippen molar-refractivity contribution >= 4 is 16.8 Å². The Morgan fingerprint density at radius 3 is 2.77 bits per heavy atom. The monoisotopic (exact) mass is 405 g/mol. The number of benzene rings is 2. The first-order valence-electron chi connectivity index (χ1n) is 9.56. The first-order valence-corrected chi connectivity index (χ1v) is 9.56. The van der Waals surface area contributed by atoms with Gasteiger partial charge in [-0.15, -0.1) is 5.10 Å². The molecule has 0 aliphatic carbocycles. The van der Waals surface area contributed by atoms with Gasteiger partial charge in [0.1, 0.15) is 22.9 Å². The third-order valence-corrected chi connectivity index (χ3v) is 4.50. The van der Waals surface area contributed by atoms with Crippen molar-refractivity contribution in [3.05, 3.63) is 78.3 Å². The topological polar surface area (TPSA) is 81.9 Å². The number of carbonyl (C=O) groups excluding carboxylic acids is 1. The van der Waals surface area contributed by atoms with E-state index in [9.17, 15) is 9.18 Å². The molecule has 0 aliphatic rings. The van der Waals surface area contributed by atoms with Crippen LogP contribution in [0.2, 0.25) is 0 Å². The number of rotatable bonds is 7. The van der Waals surface area contributed by atoms with Gasteiger partial charge in [-0.05, 0) is 49.7 Å².